The third-order valence-corrected chi connectivity index (χ3v) is 3.33. The number of rotatable bonds is 5. The second-order valence-corrected chi connectivity index (χ2v) is 6.83. The van der Waals surface area contributed by atoms with Crippen molar-refractivity contribution in [2.75, 3.05) is 5.32 Å². The van der Waals surface area contributed by atoms with Crippen LogP contribution in [0.3, 0.4) is 0 Å². The minimum atomic E-state index is -1.05. The molecule has 0 fully saturated rings. The van der Waals surface area contributed by atoms with E-state index in [1.807, 2.05) is 0 Å². The number of benzene rings is 2. The molecule has 146 valence electrons. The van der Waals surface area contributed by atoms with E-state index in [1.165, 1.54) is 30.5 Å². The lowest BCUT2D eigenvalue weighted by Gasteiger charge is -2.18. The van der Waals surface area contributed by atoms with E-state index in [1.54, 1.807) is 45.0 Å². The Morgan fingerprint density at radius 1 is 0.964 bits per heavy atom. The number of carboxylic acids is 1. The van der Waals surface area contributed by atoms with Gasteiger partial charge >= 0.3 is 12.1 Å². The molecule has 0 atom stereocenters. The topological polar surface area (TPSA) is 117 Å². The van der Waals surface area contributed by atoms with Crippen LogP contribution in [0.1, 0.15) is 47.1 Å². The monoisotopic (exact) mass is 383 g/mol. The van der Waals surface area contributed by atoms with E-state index in [0.717, 1.165) is 0 Å². The van der Waals surface area contributed by atoms with Gasteiger partial charge in [-0.2, -0.15) is 5.10 Å². The minimum Gasteiger partial charge on any atom is -0.478 e. The van der Waals surface area contributed by atoms with Crippen LogP contribution in [-0.4, -0.2) is 34.9 Å². The highest BCUT2D eigenvalue weighted by atomic mass is 16.6. The molecule has 0 aliphatic carbocycles. The first-order valence-electron chi connectivity index (χ1n) is 8.41. The van der Waals surface area contributed by atoms with E-state index in [0.29, 0.717) is 16.8 Å². The smallest absolute Gasteiger partial charge is 0.428 e. The van der Waals surface area contributed by atoms with Gasteiger partial charge in [0.2, 0.25) is 0 Å². The molecular formula is C20H21N3O5. The van der Waals surface area contributed by atoms with Crippen molar-refractivity contribution in [3.8, 4) is 0 Å². The van der Waals surface area contributed by atoms with E-state index in [-0.39, 0.29) is 11.5 Å². The van der Waals surface area contributed by atoms with Crippen molar-refractivity contribution < 1.29 is 24.2 Å². The summed E-state index contributed by atoms with van der Waals surface area (Å²) in [6.07, 6.45) is 0.793. The van der Waals surface area contributed by atoms with Crippen LogP contribution in [0.25, 0.3) is 0 Å². The van der Waals surface area contributed by atoms with Gasteiger partial charge in [0.05, 0.1) is 11.8 Å². The molecule has 0 spiro atoms. The van der Waals surface area contributed by atoms with Crippen LogP contribution in [0.4, 0.5) is 10.5 Å². The van der Waals surface area contributed by atoms with Gasteiger partial charge in [0, 0.05) is 11.3 Å². The molecule has 0 aliphatic rings. The Hall–Kier alpha value is -3.68. The number of hydrazone groups is 1. The summed E-state index contributed by atoms with van der Waals surface area (Å²) >= 11 is 0. The number of hydrogen-bond acceptors (Lipinski definition) is 5. The fraction of sp³-hybridized carbons (Fsp3) is 0.200. The standard InChI is InChI=1S/C20H21N3O5/c1-20(2,3)28-19(27)23-21-12-13-4-10-16(11-5-13)22-17(24)14-6-8-15(9-7-14)18(25)26/h4-12H,1-3H3,(H,22,24)(H,23,27)(H,25,26). The molecular weight excluding hydrogens is 362 g/mol. The molecule has 28 heavy (non-hydrogen) atoms. The SMILES string of the molecule is CC(C)(C)OC(=O)NN=Cc1ccc(NC(=O)c2ccc(C(=O)O)cc2)cc1. The lowest BCUT2D eigenvalue weighted by Crippen LogP contribution is -2.29. The maximum Gasteiger partial charge on any atom is 0.428 e. The molecule has 2 rings (SSSR count). The summed E-state index contributed by atoms with van der Waals surface area (Å²) in [5.74, 6) is -1.41. The summed E-state index contributed by atoms with van der Waals surface area (Å²) in [6, 6.07) is 12.4. The summed E-state index contributed by atoms with van der Waals surface area (Å²) in [6.45, 7) is 5.26. The van der Waals surface area contributed by atoms with Gasteiger partial charge in [0.15, 0.2) is 0 Å². The molecule has 0 aromatic heterocycles. The minimum absolute atomic E-state index is 0.111. The number of nitrogens with one attached hydrogen (secondary N) is 2. The lowest BCUT2D eigenvalue weighted by molar-refractivity contribution is 0.0529. The Kier molecular flexibility index (Phi) is 6.49. The zero-order chi connectivity index (χ0) is 20.7. The summed E-state index contributed by atoms with van der Waals surface area (Å²) in [7, 11) is 0. The van der Waals surface area contributed by atoms with Gasteiger partial charge in [-0.05, 0) is 62.7 Å². The van der Waals surface area contributed by atoms with Crippen molar-refractivity contribution in [3.63, 3.8) is 0 Å². The van der Waals surface area contributed by atoms with Crippen LogP contribution < -0.4 is 10.7 Å². The molecule has 8 heteroatoms. The largest absolute Gasteiger partial charge is 0.478 e. The molecule has 2 aromatic carbocycles. The molecule has 8 nitrogen and oxygen atoms in total. The average molecular weight is 383 g/mol. The molecule has 0 saturated heterocycles. The Labute approximate surface area is 162 Å². The second kappa shape index (κ2) is 8.81. The molecule has 3 N–H and O–H groups in total. The zero-order valence-corrected chi connectivity index (χ0v) is 15.7. The molecule has 2 amide bonds. The highest BCUT2D eigenvalue weighted by Crippen LogP contribution is 2.12. The molecule has 0 heterocycles. The number of carboxylic acid groups (broad SMARTS) is 1. The van der Waals surface area contributed by atoms with Crippen molar-refractivity contribution in [2.24, 2.45) is 5.10 Å². The van der Waals surface area contributed by atoms with Gasteiger partial charge < -0.3 is 15.2 Å². The van der Waals surface area contributed by atoms with Gasteiger partial charge in [0.1, 0.15) is 5.60 Å². The molecule has 0 aliphatic heterocycles. The second-order valence-electron chi connectivity index (χ2n) is 6.83. The zero-order valence-electron chi connectivity index (χ0n) is 15.7. The maximum atomic E-state index is 12.2. The Balaban J connectivity index is 1.91. The van der Waals surface area contributed by atoms with E-state index in [2.05, 4.69) is 15.8 Å². The van der Waals surface area contributed by atoms with Crippen LogP contribution in [-0.2, 0) is 4.74 Å². The number of hydrogen-bond donors (Lipinski definition) is 3. The molecule has 0 unspecified atom stereocenters. The molecule has 0 radical (unpaired) electrons. The first-order chi connectivity index (χ1) is 13.1. The number of carbonyl (C=O) groups excluding carboxylic acids is 2. The predicted molar refractivity (Wildman–Crippen MR) is 105 cm³/mol. The quantitative estimate of drug-likeness (QED) is 0.540. The number of nitrogens with zero attached hydrogens (tertiary/aromatic N) is 1. The number of amides is 2. The molecule has 2 aromatic rings. The van der Waals surface area contributed by atoms with Crippen molar-refractivity contribution in [1.82, 2.24) is 5.43 Å². The predicted octanol–water partition coefficient (Wildman–Crippen LogP) is 3.50. The normalized spacial score (nSPS) is 11.1. The van der Waals surface area contributed by atoms with Crippen LogP contribution >= 0.6 is 0 Å². The summed E-state index contributed by atoms with van der Waals surface area (Å²) < 4.78 is 5.06. The number of carbonyl (C=O) groups is 3. The highest BCUT2D eigenvalue weighted by Gasteiger charge is 2.15. The van der Waals surface area contributed by atoms with Crippen LogP contribution in [0.15, 0.2) is 53.6 Å². The summed E-state index contributed by atoms with van der Waals surface area (Å²) in [5.41, 5.74) is 3.39. The first-order valence-corrected chi connectivity index (χ1v) is 8.41. The van der Waals surface area contributed by atoms with Gasteiger partial charge in [-0.25, -0.2) is 15.0 Å². The van der Waals surface area contributed by atoms with Crippen LogP contribution in [0.2, 0.25) is 0 Å². The van der Waals surface area contributed by atoms with Gasteiger partial charge in [-0.15, -0.1) is 0 Å². The van der Waals surface area contributed by atoms with Crippen molar-refractivity contribution >= 4 is 29.9 Å². The van der Waals surface area contributed by atoms with Gasteiger partial charge in [0.25, 0.3) is 5.91 Å². The Morgan fingerprint density at radius 2 is 1.54 bits per heavy atom. The van der Waals surface area contributed by atoms with E-state index >= 15 is 0 Å². The highest BCUT2D eigenvalue weighted by molar-refractivity contribution is 6.04. The fourth-order valence-electron chi connectivity index (χ4n) is 2.08. The van der Waals surface area contributed by atoms with Gasteiger partial charge in [-0.1, -0.05) is 12.1 Å². The van der Waals surface area contributed by atoms with Crippen LogP contribution in [0.5, 0.6) is 0 Å². The van der Waals surface area contributed by atoms with E-state index < -0.39 is 17.7 Å². The first kappa shape index (κ1) is 20.6. The lowest BCUT2D eigenvalue weighted by atomic mass is 10.1. The summed E-state index contributed by atoms with van der Waals surface area (Å²) in [4.78, 5) is 34.5. The number of aromatic carboxylic acids is 1. The Bertz CT molecular complexity index is 882. The third-order valence-electron chi connectivity index (χ3n) is 3.33. The van der Waals surface area contributed by atoms with E-state index in [4.69, 9.17) is 9.84 Å². The maximum absolute atomic E-state index is 12.2. The van der Waals surface area contributed by atoms with Crippen molar-refractivity contribution in [1.29, 1.82) is 0 Å². The number of anilines is 1. The molecule has 0 saturated carbocycles. The molecule has 0 bridgehead atoms. The third kappa shape index (κ3) is 6.56. The number of ether oxygens (including phenoxy) is 1. The summed E-state index contributed by atoms with van der Waals surface area (Å²) in [5, 5.41) is 15.4. The van der Waals surface area contributed by atoms with Gasteiger partial charge in [-0.3, -0.25) is 4.79 Å². The Morgan fingerprint density at radius 3 is 2.07 bits per heavy atom. The van der Waals surface area contributed by atoms with Crippen LogP contribution in [0, 0.1) is 0 Å². The fourth-order valence-corrected chi connectivity index (χ4v) is 2.08. The van der Waals surface area contributed by atoms with E-state index in [9.17, 15) is 14.4 Å². The van der Waals surface area contributed by atoms with Crippen molar-refractivity contribution in [3.05, 3.63) is 65.2 Å². The van der Waals surface area contributed by atoms with Crippen molar-refractivity contribution in [2.45, 2.75) is 26.4 Å². The average Bonchev–Trinajstić information content (AvgIpc) is 2.61.